The highest BCUT2D eigenvalue weighted by atomic mass is 79.9. The van der Waals surface area contributed by atoms with Gasteiger partial charge in [-0.1, -0.05) is 40.7 Å². The predicted octanol–water partition coefficient (Wildman–Crippen LogP) is 3.28. The molecule has 114 valence electrons. The van der Waals surface area contributed by atoms with Crippen LogP contribution in [0.3, 0.4) is 0 Å². The molecule has 4 nitrogen and oxygen atoms in total. The van der Waals surface area contributed by atoms with Crippen LogP contribution in [-0.2, 0) is 9.09 Å². The molecule has 1 aromatic rings. The van der Waals surface area contributed by atoms with Gasteiger partial charge in [0.15, 0.2) is 0 Å². The van der Waals surface area contributed by atoms with Crippen LogP contribution in [0, 0.1) is 0 Å². The van der Waals surface area contributed by atoms with Crippen LogP contribution in [0.1, 0.15) is 13.8 Å². The van der Waals surface area contributed by atoms with E-state index < -0.39 is 7.37 Å². The quantitative estimate of drug-likeness (QED) is 0.438. The molecule has 1 atom stereocenters. The van der Waals surface area contributed by atoms with Gasteiger partial charge in [-0.05, 0) is 25.1 Å². The SMILES string of the molecule is C=C(C=C(Br)C=C(C)[NH2+]O)P(=O)(OCC)c1ccccc1. The third-order valence-electron chi connectivity index (χ3n) is 2.66. The Morgan fingerprint density at radius 2 is 2.05 bits per heavy atom. The Morgan fingerprint density at radius 3 is 2.57 bits per heavy atom. The number of allylic oxidation sites excluding steroid dienone is 5. The Morgan fingerprint density at radius 1 is 1.43 bits per heavy atom. The highest BCUT2D eigenvalue weighted by Crippen LogP contribution is 2.54. The van der Waals surface area contributed by atoms with E-state index in [0.717, 1.165) is 5.48 Å². The van der Waals surface area contributed by atoms with E-state index in [2.05, 4.69) is 22.5 Å². The van der Waals surface area contributed by atoms with Gasteiger partial charge in [0.2, 0.25) is 0 Å². The molecule has 0 spiro atoms. The summed E-state index contributed by atoms with van der Waals surface area (Å²) in [6.07, 6.45) is 3.35. The molecule has 6 heteroatoms. The summed E-state index contributed by atoms with van der Waals surface area (Å²) in [5.74, 6) is 0. The smallest absolute Gasteiger partial charge is 0.260 e. The third-order valence-corrected chi connectivity index (χ3v) is 5.60. The molecule has 1 rings (SSSR count). The van der Waals surface area contributed by atoms with E-state index in [0.29, 0.717) is 27.4 Å². The van der Waals surface area contributed by atoms with Crippen molar-refractivity contribution in [2.45, 2.75) is 13.8 Å². The Balaban J connectivity index is 3.15. The number of rotatable bonds is 7. The van der Waals surface area contributed by atoms with Crippen LogP contribution < -0.4 is 10.8 Å². The van der Waals surface area contributed by atoms with E-state index in [4.69, 9.17) is 9.73 Å². The van der Waals surface area contributed by atoms with Crippen molar-refractivity contribution < 1.29 is 19.8 Å². The Kier molecular flexibility index (Phi) is 7.29. The minimum Gasteiger partial charge on any atom is -0.322 e. The molecule has 0 aliphatic rings. The molecule has 1 aromatic carbocycles. The maximum atomic E-state index is 13.1. The van der Waals surface area contributed by atoms with Crippen molar-refractivity contribution in [2.75, 3.05) is 6.61 Å². The van der Waals surface area contributed by atoms with Crippen molar-refractivity contribution in [1.29, 1.82) is 0 Å². The normalized spacial score (nSPS) is 15.6. The third kappa shape index (κ3) is 5.06. The number of quaternary nitrogens is 1. The van der Waals surface area contributed by atoms with Gasteiger partial charge in [-0.2, -0.15) is 5.48 Å². The van der Waals surface area contributed by atoms with Crippen LogP contribution in [0.2, 0.25) is 0 Å². The van der Waals surface area contributed by atoms with Crippen molar-refractivity contribution in [3.05, 3.63) is 64.6 Å². The molecule has 0 heterocycles. The first-order valence-electron chi connectivity index (χ1n) is 6.46. The van der Waals surface area contributed by atoms with Crippen molar-refractivity contribution >= 4 is 28.6 Å². The van der Waals surface area contributed by atoms with Crippen LogP contribution in [0.25, 0.3) is 0 Å². The van der Waals surface area contributed by atoms with Gasteiger partial charge in [0.25, 0.3) is 7.37 Å². The summed E-state index contributed by atoms with van der Waals surface area (Å²) in [7, 11) is -3.17. The Labute approximate surface area is 133 Å². The highest BCUT2D eigenvalue weighted by molar-refractivity contribution is 9.11. The van der Waals surface area contributed by atoms with Gasteiger partial charge in [0, 0.05) is 28.1 Å². The second-order valence-corrected chi connectivity index (χ2v) is 7.71. The van der Waals surface area contributed by atoms with E-state index >= 15 is 0 Å². The van der Waals surface area contributed by atoms with Gasteiger partial charge < -0.3 is 4.52 Å². The fraction of sp³-hybridized carbons (Fsp3) is 0.200. The summed E-state index contributed by atoms with van der Waals surface area (Å²) in [5, 5.41) is 9.90. The summed E-state index contributed by atoms with van der Waals surface area (Å²) in [6.45, 7) is 7.77. The molecule has 0 saturated heterocycles. The van der Waals surface area contributed by atoms with Crippen molar-refractivity contribution in [2.24, 2.45) is 0 Å². The average Bonchev–Trinajstić information content (AvgIpc) is 2.47. The van der Waals surface area contributed by atoms with E-state index in [9.17, 15) is 4.57 Å². The molecule has 0 fully saturated rings. The van der Waals surface area contributed by atoms with Gasteiger partial charge in [0.1, 0.15) is 5.70 Å². The molecule has 0 radical (unpaired) electrons. The molecule has 0 bridgehead atoms. The maximum absolute atomic E-state index is 13.1. The number of nitrogens with two attached hydrogens (primary N) is 1. The van der Waals surface area contributed by atoms with Gasteiger partial charge >= 0.3 is 0 Å². The van der Waals surface area contributed by atoms with Gasteiger partial charge in [-0.15, -0.1) is 0 Å². The zero-order valence-corrected chi connectivity index (χ0v) is 14.6. The summed E-state index contributed by atoms with van der Waals surface area (Å²) in [6, 6.07) is 9.03. The van der Waals surface area contributed by atoms with Crippen molar-refractivity contribution in [3.8, 4) is 0 Å². The monoisotopic (exact) mass is 372 g/mol. The summed E-state index contributed by atoms with van der Waals surface area (Å²) in [4.78, 5) is 0. The van der Waals surface area contributed by atoms with E-state index in [1.807, 2.05) is 18.2 Å². The topological polar surface area (TPSA) is 63.1 Å². The summed E-state index contributed by atoms with van der Waals surface area (Å²) >= 11 is 3.35. The van der Waals surface area contributed by atoms with Gasteiger partial charge in [-0.3, -0.25) is 4.57 Å². The lowest BCUT2D eigenvalue weighted by Crippen LogP contribution is -2.77. The molecule has 0 aliphatic carbocycles. The van der Waals surface area contributed by atoms with Gasteiger partial charge in [-0.25, -0.2) is 5.21 Å². The summed E-state index contributed by atoms with van der Waals surface area (Å²) in [5.41, 5.74) is 1.66. The first-order valence-corrected chi connectivity index (χ1v) is 8.88. The van der Waals surface area contributed by atoms with Crippen LogP contribution in [0.15, 0.2) is 64.6 Å². The molecule has 1 unspecified atom stereocenters. The molecule has 0 aliphatic heterocycles. The van der Waals surface area contributed by atoms with Gasteiger partial charge in [0.05, 0.1) is 6.61 Å². The maximum Gasteiger partial charge on any atom is 0.260 e. The number of halogens is 1. The fourth-order valence-corrected chi connectivity index (χ4v) is 4.37. The fourth-order valence-electron chi connectivity index (χ4n) is 1.67. The van der Waals surface area contributed by atoms with E-state index in [-0.39, 0.29) is 0 Å². The zero-order chi connectivity index (χ0) is 15.9. The van der Waals surface area contributed by atoms with Crippen LogP contribution in [-0.4, -0.2) is 11.8 Å². The van der Waals surface area contributed by atoms with Crippen LogP contribution in [0.4, 0.5) is 0 Å². The minimum atomic E-state index is -3.17. The molecule has 0 saturated carbocycles. The Bertz CT molecular complexity index is 596. The highest BCUT2D eigenvalue weighted by Gasteiger charge is 2.28. The van der Waals surface area contributed by atoms with Crippen molar-refractivity contribution in [3.63, 3.8) is 0 Å². The number of hydrogen-bond acceptors (Lipinski definition) is 3. The first-order chi connectivity index (χ1) is 9.93. The lowest BCUT2D eigenvalue weighted by molar-refractivity contribution is -0.850. The second kappa shape index (κ2) is 8.47. The number of hydrogen-bond donors (Lipinski definition) is 2. The lowest BCUT2D eigenvalue weighted by atomic mass is 10.4. The molecule has 21 heavy (non-hydrogen) atoms. The first kappa shape index (κ1) is 18.1. The Hall–Kier alpha value is -0.970. The van der Waals surface area contributed by atoms with Crippen molar-refractivity contribution in [1.82, 2.24) is 0 Å². The molecular formula is C15H20BrNO3P+. The van der Waals surface area contributed by atoms with E-state index in [1.54, 1.807) is 38.1 Å². The molecule has 3 N–H and O–H groups in total. The summed E-state index contributed by atoms with van der Waals surface area (Å²) < 4.78 is 19.3. The van der Waals surface area contributed by atoms with E-state index in [1.165, 1.54) is 0 Å². The minimum absolute atomic E-state index is 0.329. The number of hydroxylamine groups is 1. The van der Waals surface area contributed by atoms with Crippen LogP contribution >= 0.6 is 23.3 Å². The van der Waals surface area contributed by atoms with Crippen LogP contribution in [0.5, 0.6) is 0 Å². The second-order valence-electron chi connectivity index (χ2n) is 4.34. The number of benzene rings is 1. The lowest BCUT2D eigenvalue weighted by Gasteiger charge is -2.18. The molecular weight excluding hydrogens is 353 g/mol. The standard InChI is InChI=1S/C15H19BrNO3P/c1-4-20-21(19,15-8-6-5-7-9-15)13(3)11-14(16)10-12(2)17-18/h5-11,17-18H,3-4H2,1-2H3/p+1. The predicted molar refractivity (Wildman–Crippen MR) is 88.9 cm³/mol. The largest absolute Gasteiger partial charge is 0.322 e. The average molecular weight is 373 g/mol. The molecule has 0 aromatic heterocycles. The zero-order valence-electron chi connectivity index (χ0n) is 12.1. The molecule has 0 amide bonds.